The summed E-state index contributed by atoms with van der Waals surface area (Å²) in [6.45, 7) is 5.27. The topological polar surface area (TPSA) is 71.8 Å². The minimum atomic E-state index is -0.111. The predicted molar refractivity (Wildman–Crippen MR) is 82.1 cm³/mol. The van der Waals surface area contributed by atoms with Crippen LogP contribution < -0.4 is 10.6 Å². The van der Waals surface area contributed by atoms with Crippen LogP contribution in [0, 0.1) is 6.92 Å². The Balaban J connectivity index is 2.10. The average Bonchev–Trinajstić information content (AvgIpc) is 2.88. The van der Waals surface area contributed by atoms with Crippen LogP contribution in [0.25, 0.3) is 0 Å². The van der Waals surface area contributed by atoms with Crippen LogP contribution in [0.15, 0.2) is 24.5 Å². The highest BCUT2D eigenvalue weighted by molar-refractivity contribution is 5.99. The number of nitrogens with zero attached hydrogens (tertiary/aromatic N) is 3. The van der Waals surface area contributed by atoms with Gasteiger partial charge in [-0.05, 0) is 25.5 Å². The highest BCUT2D eigenvalue weighted by atomic mass is 16.1. The van der Waals surface area contributed by atoms with Gasteiger partial charge in [-0.2, -0.15) is 0 Å². The van der Waals surface area contributed by atoms with E-state index in [1.54, 1.807) is 10.9 Å². The Morgan fingerprint density at radius 3 is 2.86 bits per heavy atom. The van der Waals surface area contributed by atoms with Crippen molar-refractivity contribution < 1.29 is 4.79 Å². The molecular formula is C15H21N5O. The Morgan fingerprint density at radius 2 is 2.19 bits per heavy atom. The summed E-state index contributed by atoms with van der Waals surface area (Å²) in [6, 6.07) is 5.84. The summed E-state index contributed by atoms with van der Waals surface area (Å²) in [4.78, 5) is 12.4. The molecule has 0 saturated heterocycles. The van der Waals surface area contributed by atoms with E-state index in [9.17, 15) is 4.79 Å². The molecule has 2 N–H and O–H groups in total. The number of carbonyl (C=O) groups excluding carboxylic acids is 1. The Morgan fingerprint density at radius 1 is 1.38 bits per heavy atom. The molecular weight excluding hydrogens is 266 g/mol. The summed E-state index contributed by atoms with van der Waals surface area (Å²) < 4.78 is 1.78. The minimum Gasteiger partial charge on any atom is -0.384 e. The zero-order valence-corrected chi connectivity index (χ0v) is 12.7. The second kappa shape index (κ2) is 6.88. The number of hydrogen-bond donors (Lipinski definition) is 2. The van der Waals surface area contributed by atoms with Gasteiger partial charge in [0.05, 0.1) is 12.1 Å². The van der Waals surface area contributed by atoms with Crippen molar-refractivity contribution in [1.29, 1.82) is 0 Å². The van der Waals surface area contributed by atoms with E-state index in [-0.39, 0.29) is 5.91 Å². The molecule has 2 rings (SSSR count). The zero-order chi connectivity index (χ0) is 15.2. The molecule has 112 valence electrons. The van der Waals surface area contributed by atoms with Gasteiger partial charge in [0.2, 0.25) is 0 Å². The Bertz CT molecular complexity index is 620. The monoisotopic (exact) mass is 287 g/mol. The maximum atomic E-state index is 12.4. The first-order valence-electron chi connectivity index (χ1n) is 7.07. The number of rotatable bonds is 6. The largest absolute Gasteiger partial charge is 0.384 e. The van der Waals surface area contributed by atoms with Crippen molar-refractivity contribution in [3.63, 3.8) is 0 Å². The quantitative estimate of drug-likeness (QED) is 0.851. The van der Waals surface area contributed by atoms with Gasteiger partial charge in [-0.3, -0.25) is 4.79 Å². The van der Waals surface area contributed by atoms with Crippen LogP contribution in [0.4, 0.5) is 5.69 Å². The van der Waals surface area contributed by atoms with E-state index in [0.717, 1.165) is 30.0 Å². The van der Waals surface area contributed by atoms with Gasteiger partial charge in [-0.15, -0.1) is 10.2 Å². The molecule has 0 aliphatic rings. The molecule has 0 aliphatic heterocycles. The molecule has 0 saturated carbocycles. The number of nitrogens with one attached hydrogen (secondary N) is 2. The van der Waals surface area contributed by atoms with E-state index < -0.39 is 0 Å². The molecule has 0 aliphatic carbocycles. The van der Waals surface area contributed by atoms with Gasteiger partial charge in [0.15, 0.2) is 5.82 Å². The number of hydrogen-bond acceptors (Lipinski definition) is 4. The average molecular weight is 287 g/mol. The minimum absolute atomic E-state index is 0.111. The fourth-order valence-corrected chi connectivity index (χ4v) is 1.98. The van der Waals surface area contributed by atoms with Gasteiger partial charge >= 0.3 is 0 Å². The molecule has 2 aromatic rings. The number of aromatic nitrogens is 3. The fraction of sp³-hybridized carbons (Fsp3) is 0.400. The molecule has 6 nitrogen and oxygen atoms in total. The van der Waals surface area contributed by atoms with E-state index in [4.69, 9.17) is 0 Å². The third kappa shape index (κ3) is 3.81. The van der Waals surface area contributed by atoms with E-state index in [0.29, 0.717) is 12.1 Å². The Kier molecular flexibility index (Phi) is 4.92. The Hall–Kier alpha value is -2.37. The van der Waals surface area contributed by atoms with Crippen molar-refractivity contribution in [2.24, 2.45) is 7.05 Å². The van der Waals surface area contributed by atoms with Gasteiger partial charge in [-0.25, -0.2) is 0 Å². The predicted octanol–water partition coefficient (Wildman–Crippen LogP) is 1.88. The lowest BCUT2D eigenvalue weighted by Crippen LogP contribution is -2.25. The first-order valence-corrected chi connectivity index (χ1v) is 7.07. The Labute approximate surface area is 124 Å². The van der Waals surface area contributed by atoms with E-state index in [1.807, 2.05) is 32.2 Å². The van der Waals surface area contributed by atoms with Crippen LogP contribution in [0.5, 0.6) is 0 Å². The second-order valence-electron chi connectivity index (χ2n) is 5.02. The van der Waals surface area contributed by atoms with Crippen molar-refractivity contribution in [1.82, 2.24) is 20.1 Å². The van der Waals surface area contributed by atoms with Gasteiger partial charge in [-0.1, -0.05) is 18.6 Å². The molecule has 0 bridgehead atoms. The summed E-state index contributed by atoms with van der Waals surface area (Å²) in [5.74, 6) is 0.611. The number of amides is 1. The number of carbonyl (C=O) groups is 1. The molecule has 1 heterocycles. The normalized spacial score (nSPS) is 10.4. The standard InChI is InChI=1S/C15H21N5O/c1-4-7-16-13-6-5-11(2)8-12(13)15(21)17-9-14-19-18-10-20(14)3/h5-6,8,10,16H,4,7,9H2,1-3H3,(H,17,21). The molecule has 1 aromatic heterocycles. The zero-order valence-electron chi connectivity index (χ0n) is 12.7. The van der Waals surface area contributed by atoms with Gasteiger partial charge in [0.1, 0.15) is 6.33 Å². The van der Waals surface area contributed by atoms with Crippen LogP contribution in [0.2, 0.25) is 0 Å². The van der Waals surface area contributed by atoms with E-state index >= 15 is 0 Å². The van der Waals surface area contributed by atoms with Crippen molar-refractivity contribution >= 4 is 11.6 Å². The van der Waals surface area contributed by atoms with Crippen molar-refractivity contribution in [2.75, 3.05) is 11.9 Å². The summed E-state index contributed by atoms with van der Waals surface area (Å²) in [5.41, 5.74) is 2.57. The smallest absolute Gasteiger partial charge is 0.253 e. The SMILES string of the molecule is CCCNc1ccc(C)cc1C(=O)NCc1nncn1C. The molecule has 0 unspecified atom stereocenters. The lowest BCUT2D eigenvalue weighted by molar-refractivity contribution is 0.0950. The molecule has 1 amide bonds. The van der Waals surface area contributed by atoms with E-state index in [1.165, 1.54) is 0 Å². The molecule has 0 atom stereocenters. The van der Waals surface area contributed by atoms with Gasteiger partial charge in [0.25, 0.3) is 5.91 Å². The van der Waals surface area contributed by atoms with Crippen LogP contribution in [-0.4, -0.2) is 27.2 Å². The summed E-state index contributed by atoms with van der Waals surface area (Å²) in [7, 11) is 1.85. The molecule has 0 radical (unpaired) electrons. The van der Waals surface area contributed by atoms with Gasteiger partial charge in [0, 0.05) is 19.3 Å². The van der Waals surface area contributed by atoms with Crippen LogP contribution in [-0.2, 0) is 13.6 Å². The van der Waals surface area contributed by atoms with Gasteiger partial charge < -0.3 is 15.2 Å². The summed E-state index contributed by atoms with van der Waals surface area (Å²) in [6.07, 6.45) is 2.62. The first-order chi connectivity index (χ1) is 10.1. The van der Waals surface area contributed by atoms with Crippen LogP contribution in [0.1, 0.15) is 35.1 Å². The molecule has 0 fully saturated rings. The molecule has 21 heavy (non-hydrogen) atoms. The number of benzene rings is 1. The third-order valence-electron chi connectivity index (χ3n) is 3.20. The number of anilines is 1. The molecule has 6 heteroatoms. The highest BCUT2D eigenvalue weighted by Gasteiger charge is 2.12. The van der Waals surface area contributed by atoms with Crippen molar-refractivity contribution in [2.45, 2.75) is 26.8 Å². The van der Waals surface area contributed by atoms with Crippen LogP contribution >= 0.6 is 0 Å². The molecule has 1 aromatic carbocycles. The first kappa shape index (κ1) is 15.0. The third-order valence-corrected chi connectivity index (χ3v) is 3.20. The lowest BCUT2D eigenvalue weighted by Gasteiger charge is -2.12. The maximum Gasteiger partial charge on any atom is 0.253 e. The van der Waals surface area contributed by atoms with Crippen LogP contribution in [0.3, 0.4) is 0 Å². The van der Waals surface area contributed by atoms with Crippen molar-refractivity contribution in [3.8, 4) is 0 Å². The maximum absolute atomic E-state index is 12.4. The number of aryl methyl sites for hydroxylation is 2. The van der Waals surface area contributed by atoms with Crippen molar-refractivity contribution in [3.05, 3.63) is 41.5 Å². The molecule has 0 spiro atoms. The summed E-state index contributed by atoms with van der Waals surface area (Å²) >= 11 is 0. The second-order valence-corrected chi connectivity index (χ2v) is 5.02. The summed E-state index contributed by atoms with van der Waals surface area (Å²) in [5, 5.41) is 13.9. The highest BCUT2D eigenvalue weighted by Crippen LogP contribution is 2.17. The fourth-order valence-electron chi connectivity index (χ4n) is 1.98. The van der Waals surface area contributed by atoms with E-state index in [2.05, 4.69) is 27.8 Å². The lowest BCUT2D eigenvalue weighted by atomic mass is 10.1.